The Balaban J connectivity index is 1.54. The molecule has 5 aliphatic rings. The van der Waals surface area contributed by atoms with Gasteiger partial charge in [-0.2, -0.15) is 0 Å². The Labute approximate surface area is 176 Å². The molecule has 4 unspecified atom stereocenters. The second-order valence-corrected chi connectivity index (χ2v) is 12.3. The molecule has 5 fully saturated rings. The summed E-state index contributed by atoms with van der Waals surface area (Å²) in [6.45, 7) is 9.42. The van der Waals surface area contributed by atoms with E-state index in [4.69, 9.17) is 0 Å². The number of hydrogen-bond acceptors (Lipinski definition) is 4. The van der Waals surface area contributed by atoms with E-state index in [9.17, 15) is 20.4 Å². The standard InChI is InChI=1S/C25H42O4/c1-14-15(2)24(28,8-5-11-26)23(4)10-7-18-20(21(14)23)17-12-19(17)25(29)13-16(27)6-9-22(18,25)3/h14-21,26-29H,5-13H2,1-4H3/t14-,15?,16+,17+,18?,19-,20?,21?,22-,23+,24+,25-/m1/s1. The van der Waals surface area contributed by atoms with E-state index >= 15 is 0 Å². The van der Waals surface area contributed by atoms with Crippen molar-refractivity contribution in [3.8, 4) is 0 Å². The molecule has 0 radical (unpaired) electrons. The zero-order valence-corrected chi connectivity index (χ0v) is 18.8. The second-order valence-electron chi connectivity index (χ2n) is 12.3. The van der Waals surface area contributed by atoms with Crippen molar-refractivity contribution in [2.75, 3.05) is 6.61 Å². The maximum absolute atomic E-state index is 12.0. The van der Waals surface area contributed by atoms with Gasteiger partial charge in [-0.05, 0) is 97.2 Å². The number of aliphatic hydroxyl groups excluding tert-OH is 2. The summed E-state index contributed by atoms with van der Waals surface area (Å²) >= 11 is 0. The van der Waals surface area contributed by atoms with Crippen molar-refractivity contribution < 1.29 is 20.4 Å². The maximum atomic E-state index is 12.0. The minimum Gasteiger partial charge on any atom is -0.396 e. The fourth-order valence-electron chi connectivity index (χ4n) is 10.0. The SMILES string of the molecule is CC1[C@@H](C)C2C3C(CC[C@]2(C)[C@]1(O)CCCO)[C@@]1(C)CC[C@H](O)C[C@@]1(O)[C@@H]1C[C@H]31. The predicted molar refractivity (Wildman–Crippen MR) is 112 cm³/mol. The van der Waals surface area contributed by atoms with E-state index in [-0.39, 0.29) is 29.5 Å². The highest BCUT2D eigenvalue weighted by Gasteiger charge is 2.77. The van der Waals surface area contributed by atoms with E-state index in [0.717, 1.165) is 32.1 Å². The fraction of sp³-hybridized carbons (Fsp3) is 1.00. The summed E-state index contributed by atoms with van der Waals surface area (Å²) in [5.74, 6) is 3.16. The second kappa shape index (κ2) is 6.21. The lowest BCUT2D eigenvalue weighted by molar-refractivity contribution is -0.235. The predicted octanol–water partition coefficient (Wildman–Crippen LogP) is 3.36. The molecule has 0 aromatic carbocycles. The molecule has 0 amide bonds. The third-order valence-corrected chi connectivity index (χ3v) is 11.7. The maximum Gasteiger partial charge on any atom is 0.0759 e. The lowest BCUT2D eigenvalue weighted by atomic mass is 9.42. The third kappa shape index (κ3) is 2.30. The first-order valence-electron chi connectivity index (χ1n) is 12.3. The zero-order chi connectivity index (χ0) is 21.0. The van der Waals surface area contributed by atoms with E-state index < -0.39 is 11.2 Å². The molecule has 5 rings (SSSR count). The van der Waals surface area contributed by atoms with Crippen LogP contribution in [0, 0.1) is 52.3 Å². The van der Waals surface area contributed by atoms with Gasteiger partial charge in [-0.1, -0.05) is 27.7 Å². The average Bonchev–Trinajstić information content (AvgIpc) is 3.46. The molecule has 4 N–H and O–H groups in total. The Morgan fingerprint density at radius 1 is 0.966 bits per heavy atom. The Morgan fingerprint density at radius 3 is 2.34 bits per heavy atom. The monoisotopic (exact) mass is 406 g/mol. The summed E-state index contributed by atoms with van der Waals surface area (Å²) in [7, 11) is 0. The van der Waals surface area contributed by atoms with Crippen molar-refractivity contribution in [3.05, 3.63) is 0 Å². The highest BCUT2D eigenvalue weighted by molar-refractivity contribution is 5.26. The van der Waals surface area contributed by atoms with Crippen molar-refractivity contribution in [1.29, 1.82) is 0 Å². The lowest BCUT2D eigenvalue weighted by Gasteiger charge is -2.64. The molecule has 0 spiro atoms. The lowest BCUT2D eigenvalue weighted by Crippen LogP contribution is -2.65. The summed E-state index contributed by atoms with van der Waals surface area (Å²) in [4.78, 5) is 0. The van der Waals surface area contributed by atoms with Crippen molar-refractivity contribution in [2.24, 2.45) is 52.3 Å². The Bertz CT molecular complexity index is 682. The van der Waals surface area contributed by atoms with Gasteiger partial charge < -0.3 is 20.4 Å². The van der Waals surface area contributed by atoms with E-state index in [2.05, 4.69) is 27.7 Å². The van der Waals surface area contributed by atoms with Crippen LogP contribution in [-0.2, 0) is 0 Å². The molecule has 0 aromatic heterocycles. The van der Waals surface area contributed by atoms with Crippen LogP contribution in [0.15, 0.2) is 0 Å². The smallest absolute Gasteiger partial charge is 0.0759 e. The van der Waals surface area contributed by atoms with Crippen LogP contribution < -0.4 is 0 Å². The van der Waals surface area contributed by atoms with Crippen LogP contribution in [0.5, 0.6) is 0 Å². The van der Waals surface area contributed by atoms with Crippen LogP contribution in [0.1, 0.15) is 79.1 Å². The molecule has 4 heteroatoms. The Morgan fingerprint density at radius 2 is 1.66 bits per heavy atom. The number of rotatable bonds is 3. The molecule has 166 valence electrons. The van der Waals surface area contributed by atoms with Crippen molar-refractivity contribution >= 4 is 0 Å². The molecule has 12 atom stereocenters. The first-order chi connectivity index (χ1) is 13.5. The molecular weight excluding hydrogens is 364 g/mol. The topological polar surface area (TPSA) is 80.9 Å². The van der Waals surface area contributed by atoms with Gasteiger partial charge >= 0.3 is 0 Å². The van der Waals surface area contributed by atoms with Gasteiger partial charge in [0, 0.05) is 13.0 Å². The van der Waals surface area contributed by atoms with Gasteiger partial charge in [-0.3, -0.25) is 0 Å². The molecule has 0 bridgehead atoms. The van der Waals surface area contributed by atoms with Crippen LogP contribution in [-0.4, -0.2) is 44.3 Å². The number of fused-ring (bicyclic) bond motifs is 8. The fourth-order valence-corrected chi connectivity index (χ4v) is 10.0. The largest absolute Gasteiger partial charge is 0.396 e. The molecule has 5 saturated carbocycles. The van der Waals surface area contributed by atoms with Crippen molar-refractivity contribution in [1.82, 2.24) is 0 Å². The molecule has 5 aliphatic carbocycles. The first kappa shape index (κ1) is 20.7. The Hall–Kier alpha value is -0.160. The van der Waals surface area contributed by atoms with Gasteiger partial charge in [-0.15, -0.1) is 0 Å². The van der Waals surface area contributed by atoms with Crippen LogP contribution in [0.2, 0.25) is 0 Å². The van der Waals surface area contributed by atoms with Crippen molar-refractivity contribution in [3.63, 3.8) is 0 Å². The van der Waals surface area contributed by atoms with Gasteiger partial charge in [0.25, 0.3) is 0 Å². The summed E-state index contributed by atoms with van der Waals surface area (Å²) in [5.41, 5.74) is -1.61. The van der Waals surface area contributed by atoms with Crippen LogP contribution in [0.3, 0.4) is 0 Å². The van der Waals surface area contributed by atoms with Gasteiger partial charge in [0.1, 0.15) is 0 Å². The Kier molecular flexibility index (Phi) is 4.44. The van der Waals surface area contributed by atoms with Gasteiger partial charge in [0.2, 0.25) is 0 Å². The van der Waals surface area contributed by atoms with Crippen LogP contribution in [0.4, 0.5) is 0 Å². The third-order valence-electron chi connectivity index (χ3n) is 11.7. The number of aliphatic hydroxyl groups is 4. The average molecular weight is 407 g/mol. The van der Waals surface area contributed by atoms with Gasteiger partial charge in [0.05, 0.1) is 17.3 Å². The van der Waals surface area contributed by atoms with E-state index in [1.807, 2.05) is 0 Å². The zero-order valence-electron chi connectivity index (χ0n) is 18.8. The summed E-state index contributed by atoms with van der Waals surface area (Å²) in [5, 5.41) is 43.7. The molecule has 4 nitrogen and oxygen atoms in total. The minimum absolute atomic E-state index is 0.102. The molecule has 0 aromatic rings. The van der Waals surface area contributed by atoms with Crippen LogP contribution in [0.25, 0.3) is 0 Å². The quantitative estimate of drug-likeness (QED) is 0.579. The van der Waals surface area contributed by atoms with E-state index in [1.54, 1.807) is 0 Å². The summed E-state index contributed by atoms with van der Waals surface area (Å²) in [6, 6.07) is 0. The molecule has 0 saturated heterocycles. The minimum atomic E-state index is -0.703. The number of hydrogen-bond donors (Lipinski definition) is 4. The van der Waals surface area contributed by atoms with Gasteiger partial charge in [0.15, 0.2) is 0 Å². The van der Waals surface area contributed by atoms with E-state index in [0.29, 0.717) is 54.8 Å². The van der Waals surface area contributed by atoms with Gasteiger partial charge in [-0.25, -0.2) is 0 Å². The first-order valence-corrected chi connectivity index (χ1v) is 12.3. The van der Waals surface area contributed by atoms with E-state index in [1.165, 1.54) is 0 Å². The molecule has 0 aliphatic heterocycles. The highest BCUT2D eigenvalue weighted by Crippen LogP contribution is 2.78. The molecular formula is C25H42O4. The highest BCUT2D eigenvalue weighted by atomic mass is 16.3. The molecule has 0 heterocycles. The van der Waals surface area contributed by atoms with Crippen LogP contribution >= 0.6 is 0 Å². The summed E-state index contributed by atoms with van der Waals surface area (Å²) in [6.07, 6.45) is 6.51. The molecule has 29 heavy (non-hydrogen) atoms. The normalized spacial score (nSPS) is 63.3. The van der Waals surface area contributed by atoms with Crippen molar-refractivity contribution in [2.45, 2.75) is 96.4 Å². The summed E-state index contributed by atoms with van der Waals surface area (Å²) < 4.78 is 0.